The fourth-order valence-electron chi connectivity index (χ4n) is 3.00. The number of pyridine rings is 1. The van der Waals surface area contributed by atoms with E-state index < -0.39 is 0 Å². The lowest BCUT2D eigenvalue weighted by Crippen LogP contribution is -2.28. The summed E-state index contributed by atoms with van der Waals surface area (Å²) in [6, 6.07) is 5.67. The van der Waals surface area contributed by atoms with Gasteiger partial charge in [-0.2, -0.15) is 0 Å². The molecule has 1 heterocycles. The highest BCUT2D eigenvalue weighted by Gasteiger charge is 2.33. The molecular formula is C16H16ClNO. The molecule has 0 amide bonds. The largest absolute Gasteiger partial charge is 0.294 e. The molecule has 0 radical (unpaired) electrons. The summed E-state index contributed by atoms with van der Waals surface area (Å²) in [5.74, 6) is 0.207. The van der Waals surface area contributed by atoms with Gasteiger partial charge in [0.05, 0.1) is 11.2 Å². The topological polar surface area (TPSA) is 30.0 Å². The quantitative estimate of drug-likeness (QED) is 0.714. The maximum atomic E-state index is 12.4. The van der Waals surface area contributed by atoms with Crippen LogP contribution in [0.3, 0.4) is 0 Å². The lowest BCUT2D eigenvalue weighted by atomic mass is 9.74. The van der Waals surface area contributed by atoms with E-state index in [0.29, 0.717) is 11.4 Å². The van der Waals surface area contributed by atoms with Crippen molar-refractivity contribution >= 4 is 28.3 Å². The maximum Gasteiger partial charge on any atom is 0.165 e. The van der Waals surface area contributed by atoms with Crippen LogP contribution in [0.4, 0.5) is 0 Å². The van der Waals surface area contributed by atoms with Crippen LogP contribution in [0, 0.1) is 12.3 Å². The standard InChI is InChI=1S/C16H16ClNO/c1-9-11-6-10(17)4-5-12(11)18-13-7-16(2,3)8-14(19)15(9)13/h4-6H,7-8H2,1-3H3. The third-order valence-corrected chi connectivity index (χ3v) is 4.08. The number of hydrogen-bond donors (Lipinski definition) is 0. The monoisotopic (exact) mass is 273 g/mol. The average molecular weight is 274 g/mol. The van der Waals surface area contributed by atoms with Gasteiger partial charge in [0.1, 0.15) is 0 Å². The summed E-state index contributed by atoms with van der Waals surface area (Å²) in [6.45, 7) is 6.24. The molecule has 19 heavy (non-hydrogen) atoms. The zero-order valence-corrected chi connectivity index (χ0v) is 12.1. The third-order valence-electron chi connectivity index (χ3n) is 3.85. The van der Waals surface area contributed by atoms with E-state index in [4.69, 9.17) is 11.6 Å². The number of carbonyl (C=O) groups excluding carboxylic acids is 1. The van der Waals surface area contributed by atoms with Crippen molar-refractivity contribution in [1.82, 2.24) is 4.98 Å². The first-order valence-electron chi connectivity index (χ1n) is 6.49. The fraction of sp³-hybridized carbons (Fsp3) is 0.375. The number of Topliss-reactive ketones (excluding diaryl/α,β-unsaturated/α-hetero) is 1. The number of nitrogens with zero attached hydrogens (tertiary/aromatic N) is 1. The highest BCUT2D eigenvalue weighted by atomic mass is 35.5. The molecule has 0 fully saturated rings. The predicted octanol–water partition coefficient (Wildman–Crippen LogP) is 4.35. The van der Waals surface area contributed by atoms with Gasteiger partial charge in [-0.15, -0.1) is 0 Å². The minimum atomic E-state index is 0.00360. The van der Waals surface area contributed by atoms with Gasteiger partial charge >= 0.3 is 0 Å². The van der Waals surface area contributed by atoms with E-state index in [1.165, 1.54) is 0 Å². The molecule has 1 aromatic heterocycles. The Balaban J connectivity index is 2.33. The Bertz CT molecular complexity index is 703. The van der Waals surface area contributed by atoms with Crippen molar-refractivity contribution in [1.29, 1.82) is 0 Å². The van der Waals surface area contributed by atoms with Crippen LogP contribution in [0.25, 0.3) is 10.9 Å². The first-order valence-corrected chi connectivity index (χ1v) is 6.87. The van der Waals surface area contributed by atoms with Gasteiger partial charge in [0.25, 0.3) is 0 Å². The van der Waals surface area contributed by atoms with Gasteiger partial charge in [0.15, 0.2) is 5.78 Å². The van der Waals surface area contributed by atoms with Crippen molar-refractivity contribution in [3.63, 3.8) is 0 Å². The number of halogens is 1. The number of rotatable bonds is 0. The van der Waals surface area contributed by atoms with Crippen molar-refractivity contribution in [2.24, 2.45) is 5.41 Å². The van der Waals surface area contributed by atoms with Gasteiger partial charge in [0, 0.05) is 22.4 Å². The van der Waals surface area contributed by atoms with Gasteiger partial charge < -0.3 is 0 Å². The Morgan fingerprint density at radius 2 is 2.00 bits per heavy atom. The Kier molecular flexibility index (Phi) is 2.68. The van der Waals surface area contributed by atoms with E-state index in [0.717, 1.165) is 34.1 Å². The Hall–Kier alpha value is -1.41. The van der Waals surface area contributed by atoms with Gasteiger partial charge in [-0.25, -0.2) is 0 Å². The highest BCUT2D eigenvalue weighted by molar-refractivity contribution is 6.31. The van der Waals surface area contributed by atoms with Crippen LogP contribution in [0.1, 0.15) is 41.9 Å². The molecule has 2 aromatic rings. The zero-order chi connectivity index (χ0) is 13.8. The molecule has 1 aliphatic rings. The molecule has 1 aliphatic carbocycles. The van der Waals surface area contributed by atoms with Crippen molar-refractivity contribution in [2.75, 3.05) is 0 Å². The molecule has 0 spiro atoms. The minimum Gasteiger partial charge on any atom is -0.294 e. The first-order chi connectivity index (χ1) is 8.87. The molecule has 0 aliphatic heterocycles. The molecule has 0 N–H and O–H groups in total. The summed E-state index contributed by atoms with van der Waals surface area (Å²) in [5.41, 5.74) is 3.70. The van der Waals surface area contributed by atoms with E-state index in [1.54, 1.807) is 0 Å². The molecule has 3 heteroatoms. The second-order valence-corrected chi connectivity index (χ2v) is 6.60. The van der Waals surface area contributed by atoms with Gasteiger partial charge in [0.2, 0.25) is 0 Å². The van der Waals surface area contributed by atoms with Crippen LogP contribution in [0.15, 0.2) is 18.2 Å². The lowest BCUT2D eigenvalue weighted by Gasteiger charge is -2.30. The van der Waals surface area contributed by atoms with Crippen LogP contribution >= 0.6 is 11.6 Å². The molecule has 0 saturated heterocycles. The Morgan fingerprint density at radius 1 is 1.26 bits per heavy atom. The van der Waals surface area contributed by atoms with Crippen LogP contribution in [-0.2, 0) is 6.42 Å². The van der Waals surface area contributed by atoms with Crippen LogP contribution in [-0.4, -0.2) is 10.8 Å². The third kappa shape index (κ3) is 2.04. The molecule has 2 nitrogen and oxygen atoms in total. The summed E-state index contributed by atoms with van der Waals surface area (Å²) in [7, 11) is 0. The van der Waals surface area contributed by atoms with Crippen LogP contribution in [0.2, 0.25) is 5.02 Å². The maximum absolute atomic E-state index is 12.4. The zero-order valence-electron chi connectivity index (χ0n) is 11.4. The summed E-state index contributed by atoms with van der Waals surface area (Å²) in [5, 5.41) is 1.67. The van der Waals surface area contributed by atoms with Crippen molar-refractivity contribution < 1.29 is 4.79 Å². The number of hydrogen-bond acceptors (Lipinski definition) is 2. The van der Waals surface area contributed by atoms with Gasteiger partial charge in [-0.3, -0.25) is 9.78 Å². The second kappa shape index (κ2) is 4.04. The SMILES string of the molecule is Cc1c2c(nc3ccc(Cl)cc13)CC(C)(C)CC2=O. The van der Waals surface area contributed by atoms with E-state index in [-0.39, 0.29) is 11.2 Å². The molecule has 0 unspecified atom stereocenters. The van der Waals surface area contributed by atoms with E-state index >= 15 is 0 Å². The smallest absolute Gasteiger partial charge is 0.165 e. The van der Waals surface area contributed by atoms with Gasteiger partial charge in [-0.1, -0.05) is 25.4 Å². The van der Waals surface area contributed by atoms with Gasteiger partial charge in [-0.05, 0) is 42.5 Å². The molecule has 0 bridgehead atoms. The molecule has 3 rings (SSSR count). The molecule has 1 aromatic carbocycles. The van der Waals surface area contributed by atoms with E-state index in [2.05, 4.69) is 18.8 Å². The summed E-state index contributed by atoms with van der Waals surface area (Å²) < 4.78 is 0. The van der Waals surface area contributed by atoms with Crippen molar-refractivity contribution in [2.45, 2.75) is 33.6 Å². The summed E-state index contributed by atoms with van der Waals surface area (Å²) >= 11 is 6.04. The Morgan fingerprint density at radius 3 is 2.74 bits per heavy atom. The lowest BCUT2D eigenvalue weighted by molar-refractivity contribution is 0.0910. The summed E-state index contributed by atoms with van der Waals surface area (Å²) in [6.07, 6.45) is 1.45. The number of aryl methyl sites for hydroxylation is 1. The number of carbonyl (C=O) groups is 1. The number of ketones is 1. The van der Waals surface area contributed by atoms with Crippen LogP contribution in [0.5, 0.6) is 0 Å². The predicted molar refractivity (Wildman–Crippen MR) is 77.9 cm³/mol. The normalized spacial score (nSPS) is 17.6. The fourth-order valence-corrected chi connectivity index (χ4v) is 3.17. The number of aromatic nitrogens is 1. The molecule has 0 saturated carbocycles. The van der Waals surface area contributed by atoms with E-state index in [1.807, 2.05) is 25.1 Å². The number of fused-ring (bicyclic) bond motifs is 2. The average Bonchev–Trinajstić information content (AvgIpc) is 2.28. The van der Waals surface area contributed by atoms with E-state index in [9.17, 15) is 4.79 Å². The molecule has 0 atom stereocenters. The Labute approximate surface area is 117 Å². The van der Waals surface area contributed by atoms with Crippen molar-refractivity contribution in [3.05, 3.63) is 40.0 Å². The first kappa shape index (κ1) is 12.6. The second-order valence-electron chi connectivity index (χ2n) is 6.16. The molecular weight excluding hydrogens is 258 g/mol. The number of benzene rings is 1. The highest BCUT2D eigenvalue weighted by Crippen LogP contribution is 2.37. The molecule has 98 valence electrons. The van der Waals surface area contributed by atoms with Crippen LogP contribution < -0.4 is 0 Å². The minimum absolute atomic E-state index is 0.00360. The summed E-state index contributed by atoms with van der Waals surface area (Å²) in [4.78, 5) is 17.1. The van der Waals surface area contributed by atoms with Crippen molar-refractivity contribution in [3.8, 4) is 0 Å².